The van der Waals surface area contributed by atoms with Gasteiger partial charge in [-0.05, 0) is 32.0 Å². The van der Waals surface area contributed by atoms with E-state index in [2.05, 4.69) is 20.3 Å². The number of nitrogens with zero attached hydrogens (tertiary/aromatic N) is 5. The molecule has 0 bridgehead atoms. The minimum atomic E-state index is -0.876. The Balaban J connectivity index is 2.01. The van der Waals surface area contributed by atoms with E-state index < -0.39 is 23.2 Å². The fourth-order valence-corrected chi connectivity index (χ4v) is 3.83. The number of benzene rings is 2. The first kappa shape index (κ1) is 22.9. The summed E-state index contributed by atoms with van der Waals surface area (Å²) in [4.78, 5) is 25.9. The molecule has 0 amide bonds. The van der Waals surface area contributed by atoms with Gasteiger partial charge in [0, 0.05) is 11.6 Å². The van der Waals surface area contributed by atoms with E-state index in [0.717, 1.165) is 16.7 Å². The van der Waals surface area contributed by atoms with Gasteiger partial charge < -0.3 is 16.8 Å². The van der Waals surface area contributed by atoms with Crippen LogP contribution in [0.4, 0.5) is 26.4 Å². The van der Waals surface area contributed by atoms with E-state index in [1.807, 2.05) is 6.07 Å². The zero-order valence-electron chi connectivity index (χ0n) is 17.9. The van der Waals surface area contributed by atoms with Gasteiger partial charge in [-0.25, -0.2) is 13.8 Å². The number of fused-ring (bicyclic) bond motifs is 1. The number of nitrogen functional groups attached to an aromatic ring is 2. The summed E-state index contributed by atoms with van der Waals surface area (Å²) in [5, 5.41) is 12.6. The van der Waals surface area contributed by atoms with E-state index in [1.165, 1.54) is 13.0 Å². The molecule has 4 aromatic rings. The normalized spacial score (nSPS) is 11.9. The van der Waals surface area contributed by atoms with Crippen molar-refractivity contribution in [1.82, 2.24) is 19.5 Å². The van der Waals surface area contributed by atoms with Crippen molar-refractivity contribution in [2.45, 2.75) is 19.9 Å². The number of nitrogens with one attached hydrogen (secondary N) is 1. The Hall–Kier alpha value is -4.30. The Morgan fingerprint density at radius 2 is 1.94 bits per heavy atom. The minimum Gasteiger partial charge on any atom is -0.382 e. The van der Waals surface area contributed by atoms with E-state index in [0.29, 0.717) is 0 Å². The molecule has 12 heteroatoms. The first-order valence-electron chi connectivity index (χ1n) is 9.89. The molecule has 0 saturated carbocycles. The maximum atomic E-state index is 14.4. The molecule has 0 aliphatic carbocycles. The zero-order valence-corrected chi connectivity index (χ0v) is 18.7. The maximum Gasteiger partial charge on any atom is 0.267 e. The Morgan fingerprint density at radius 1 is 1.21 bits per heavy atom. The average Bonchev–Trinajstić information content (AvgIpc) is 2.76. The van der Waals surface area contributed by atoms with Crippen molar-refractivity contribution >= 4 is 40.1 Å². The lowest BCUT2D eigenvalue weighted by Crippen LogP contribution is -2.28. The number of hydrogen-bond donors (Lipinski definition) is 3. The van der Waals surface area contributed by atoms with Crippen molar-refractivity contribution in [3.63, 3.8) is 0 Å². The van der Waals surface area contributed by atoms with Gasteiger partial charge in [-0.1, -0.05) is 17.7 Å². The van der Waals surface area contributed by atoms with Crippen LogP contribution in [0.5, 0.6) is 0 Å². The Morgan fingerprint density at radius 3 is 2.65 bits per heavy atom. The van der Waals surface area contributed by atoms with Crippen LogP contribution in [0, 0.1) is 29.9 Å². The number of nitriles is 1. The maximum absolute atomic E-state index is 14.4. The summed E-state index contributed by atoms with van der Waals surface area (Å²) in [6, 6.07) is 7.55. The Kier molecular flexibility index (Phi) is 5.76. The number of rotatable bonds is 4. The number of nitrogens with two attached hydrogens (primary N) is 2. The van der Waals surface area contributed by atoms with Crippen LogP contribution in [-0.2, 0) is 0 Å². The predicted molar refractivity (Wildman–Crippen MR) is 125 cm³/mol. The number of hydrogen-bond acceptors (Lipinski definition) is 8. The summed E-state index contributed by atoms with van der Waals surface area (Å²) in [5.41, 5.74) is 11.0. The van der Waals surface area contributed by atoms with Gasteiger partial charge in [0.2, 0.25) is 5.95 Å². The molecule has 0 radical (unpaired) electrons. The molecular weight excluding hydrogens is 466 g/mol. The second kappa shape index (κ2) is 8.57. The van der Waals surface area contributed by atoms with Crippen molar-refractivity contribution in [3.8, 4) is 11.8 Å². The van der Waals surface area contributed by atoms with Crippen molar-refractivity contribution in [2.24, 2.45) is 0 Å². The van der Waals surface area contributed by atoms with Crippen molar-refractivity contribution in [2.75, 3.05) is 16.8 Å². The lowest BCUT2D eigenvalue weighted by Gasteiger charge is -2.22. The molecule has 0 aliphatic rings. The quantitative estimate of drug-likeness (QED) is 0.399. The highest BCUT2D eigenvalue weighted by molar-refractivity contribution is 6.35. The van der Waals surface area contributed by atoms with Crippen LogP contribution in [0.1, 0.15) is 29.9 Å². The molecule has 0 unspecified atom stereocenters. The molecular formula is C22H17ClF2N8O. The summed E-state index contributed by atoms with van der Waals surface area (Å²) >= 11 is 6.26. The van der Waals surface area contributed by atoms with Gasteiger partial charge in [-0.15, -0.1) is 0 Å². The van der Waals surface area contributed by atoms with Gasteiger partial charge in [-0.2, -0.15) is 15.2 Å². The molecule has 2 heterocycles. The summed E-state index contributed by atoms with van der Waals surface area (Å²) in [7, 11) is 0. The summed E-state index contributed by atoms with van der Waals surface area (Å²) < 4.78 is 29.7. The lowest BCUT2D eigenvalue weighted by atomic mass is 10.1. The molecule has 4 rings (SSSR count). The van der Waals surface area contributed by atoms with Crippen molar-refractivity contribution in [1.29, 1.82) is 5.26 Å². The lowest BCUT2D eigenvalue weighted by molar-refractivity contribution is 0.573. The zero-order chi connectivity index (χ0) is 24.7. The van der Waals surface area contributed by atoms with E-state index in [1.54, 1.807) is 19.1 Å². The van der Waals surface area contributed by atoms with Crippen LogP contribution in [0.25, 0.3) is 16.6 Å². The van der Waals surface area contributed by atoms with Crippen LogP contribution in [0.2, 0.25) is 5.02 Å². The molecule has 9 nitrogen and oxygen atoms in total. The third-order valence-electron chi connectivity index (χ3n) is 5.20. The second-order valence-corrected chi connectivity index (χ2v) is 7.85. The molecule has 5 N–H and O–H groups in total. The first-order chi connectivity index (χ1) is 16.1. The molecule has 0 fully saturated rings. The summed E-state index contributed by atoms with van der Waals surface area (Å²) in [5.74, 6) is -1.94. The average molecular weight is 483 g/mol. The highest BCUT2D eigenvalue weighted by Crippen LogP contribution is 2.28. The molecule has 34 heavy (non-hydrogen) atoms. The number of halogens is 3. The van der Waals surface area contributed by atoms with Gasteiger partial charge >= 0.3 is 0 Å². The first-order valence-corrected chi connectivity index (χ1v) is 10.3. The molecule has 2 aromatic carbocycles. The molecule has 0 saturated heterocycles. The highest BCUT2D eigenvalue weighted by atomic mass is 35.5. The molecule has 172 valence electrons. The predicted octanol–water partition coefficient (Wildman–Crippen LogP) is 3.62. The molecule has 0 spiro atoms. The van der Waals surface area contributed by atoms with Crippen LogP contribution in [-0.4, -0.2) is 19.5 Å². The summed E-state index contributed by atoms with van der Waals surface area (Å²) in [6.07, 6.45) is 0. The third-order valence-corrected chi connectivity index (χ3v) is 5.52. The van der Waals surface area contributed by atoms with Gasteiger partial charge in [0.05, 0.1) is 27.7 Å². The van der Waals surface area contributed by atoms with E-state index in [9.17, 15) is 18.8 Å². The third kappa shape index (κ3) is 3.84. The minimum absolute atomic E-state index is 0.00846. The van der Waals surface area contributed by atoms with E-state index >= 15 is 0 Å². The highest BCUT2D eigenvalue weighted by Gasteiger charge is 2.23. The van der Waals surface area contributed by atoms with Crippen LogP contribution < -0.4 is 22.3 Å². The SMILES string of the molecule is Cc1c(F)cc(F)cc1-n1c([C@H](C)Nc2nc(N)nc(N)c2C#N)nc2cccc(Cl)c2c1=O. The van der Waals surface area contributed by atoms with Crippen LogP contribution >= 0.6 is 11.6 Å². The van der Waals surface area contributed by atoms with Crippen molar-refractivity contribution in [3.05, 3.63) is 74.3 Å². The molecule has 1 atom stereocenters. The Bertz CT molecular complexity index is 1560. The van der Waals surface area contributed by atoms with Gasteiger partial charge in [0.25, 0.3) is 5.56 Å². The molecule has 0 aliphatic heterocycles. The monoisotopic (exact) mass is 482 g/mol. The Labute approximate surface area is 196 Å². The summed E-state index contributed by atoms with van der Waals surface area (Å²) in [6.45, 7) is 3.03. The van der Waals surface area contributed by atoms with Crippen molar-refractivity contribution < 1.29 is 8.78 Å². The van der Waals surface area contributed by atoms with Crippen LogP contribution in [0.15, 0.2) is 35.1 Å². The fraction of sp³-hybridized carbons (Fsp3) is 0.136. The largest absolute Gasteiger partial charge is 0.382 e. The second-order valence-electron chi connectivity index (χ2n) is 7.44. The van der Waals surface area contributed by atoms with Gasteiger partial charge in [0.15, 0.2) is 5.82 Å². The molecule has 2 aromatic heterocycles. The van der Waals surface area contributed by atoms with E-state index in [4.69, 9.17) is 23.1 Å². The number of aromatic nitrogens is 4. The fourth-order valence-electron chi connectivity index (χ4n) is 3.57. The van der Waals surface area contributed by atoms with E-state index in [-0.39, 0.29) is 56.1 Å². The topological polar surface area (TPSA) is 149 Å². The standard InChI is InChI=1S/C22H17ClF2N8O/c1-9-14(25)6-11(24)7-16(9)33-20(30-15-5-3-4-13(23)17(15)21(33)34)10(2)29-19-12(8-26)18(27)31-22(28)32-19/h3-7,10H,1-2H3,(H5,27,28,29,31,32)/t10-/m0/s1. The number of anilines is 3. The van der Waals surface area contributed by atoms with Gasteiger partial charge in [0.1, 0.15) is 34.9 Å². The van der Waals surface area contributed by atoms with Gasteiger partial charge in [-0.3, -0.25) is 9.36 Å². The van der Waals surface area contributed by atoms with Crippen LogP contribution in [0.3, 0.4) is 0 Å². The smallest absolute Gasteiger partial charge is 0.267 e.